The van der Waals surface area contributed by atoms with Crippen molar-refractivity contribution in [2.24, 2.45) is 7.05 Å². The van der Waals surface area contributed by atoms with Crippen molar-refractivity contribution < 1.29 is 4.39 Å². The van der Waals surface area contributed by atoms with Gasteiger partial charge in [-0.2, -0.15) is 5.10 Å². The highest BCUT2D eigenvalue weighted by molar-refractivity contribution is 7.98. The molecule has 0 amide bonds. The predicted octanol–water partition coefficient (Wildman–Crippen LogP) is 3.41. The van der Waals surface area contributed by atoms with Crippen LogP contribution in [-0.2, 0) is 7.05 Å². The second kappa shape index (κ2) is 5.65. The van der Waals surface area contributed by atoms with Crippen LogP contribution in [-0.4, -0.2) is 26.0 Å². The van der Waals surface area contributed by atoms with Crippen LogP contribution in [0, 0.1) is 5.82 Å². The van der Waals surface area contributed by atoms with E-state index in [9.17, 15) is 4.39 Å². The van der Waals surface area contributed by atoms with Gasteiger partial charge in [0, 0.05) is 18.8 Å². The fourth-order valence-electron chi connectivity index (χ4n) is 2.09. The van der Waals surface area contributed by atoms with Crippen molar-refractivity contribution in [3.63, 3.8) is 0 Å². The van der Waals surface area contributed by atoms with Gasteiger partial charge in [0.25, 0.3) is 0 Å². The van der Waals surface area contributed by atoms with Crippen molar-refractivity contribution in [1.82, 2.24) is 19.7 Å². The van der Waals surface area contributed by atoms with Crippen LogP contribution in [0.25, 0.3) is 22.6 Å². The van der Waals surface area contributed by atoms with Crippen molar-refractivity contribution in [1.29, 1.82) is 0 Å². The molecule has 0 radical (unpaired) electrons. The molecule has 2 heterocycles. The number of aromatic nitrogens is 4. The van der Waals surface area contributed by atoms with E-state index in [-0.39, 0.29) is 5.82 Å². The Morgan fingerprint density at radius 3 is 2.76 bits per heavy atom. The van der Waals surface area contributed by atoms with Gasteiger partial charge in [0.1, 0.15) is 11.5 Å². The highest BCUT2D eigenvalue weighted by Crippen LogP contribution is 2.25. The van der Waals surface area contributed by atoms with Gasteiger partial charge in [-0.25, -0.2) is 14.4 Å². The fraction of sp³-hybridized carbons (Fsp3) is 0.133. The highest BCUT2D eigenvalue weighted by Gasteiger charge is 2.11. The third-order valence-corrected chi connectivity index (χ3v) is 3.64. The van der Waals surface area contributed by atoms with Gasteiger partial charge in [0.15, 0.2) is 5.16 Å². The molecule has 0 spiro atoms. The maximum absolute atomic E-state index is 13.4. The molecule has 0 saturated carbocycles. The Labute approximate surface area is 126 Å². The van der Waals surface area contributed by atoms with Crippen molar-refractivity contribution in [3.05, 3.63) is 48.4 Å². The van der Waals surface area contributed by atoms with Crippen molar-refractivity contribution in [2.75, 3.05) is 6.26 Å². The normalized spacial score (nSPS) is 10.8. The molecule has 1 aromatic carbocycles. The fourth-order valence-corrected chi connectivity index (χ4v) is 2.45. The van der Waals surface area contributed by atoms with Crippen molar-refractivity contribution in [2.45, 2.75) is 5.16 Å². The summed E-state index contributed by atoms with van der Waals surface area (Å²) in [5, 5.41) is 5.16. The maximum Gasteiger partial charge on any atom is 0.187 e. The van der Waals surface area contributed by atoms with E-state index in [0.29, 0.717) is 5.16 Å². The number of thioether (sulfide) groups is 1. The topological polar surface area (TPSA) is 43.6 Å². The SMILES string of the molecule is CSc1nccc(-c2cc(-c3cccc(F)c3)n(C)n2)n1. The minimum atomic E-state index is -0.262. The lowest BCUT2D eigenvalue weighted by Gasteiger charge is -2.00. The van der Waals surface area contributed by atoms with E-state index in [0.717, 1.165) is 22.6 Å². The number of rotatable bonds is 3. The van der Waals surface area contributed by atoms with Crippen LogP contribution in [0.3, 0.4) is 0 Å². The monoisotopic (exact) mass is 300 g/mol. The van der Waals surface area contributed by atoms with Crippen LogP contribution in [0.1, 0.15) is 0 Å². The molecule has 106 valence electrons. The van der Waals surface area contributed by atoms with Crippen LogP contribution in [0.15, 0.2) is 47.8 Å². The highest BCUT2D eigenvalue weighted by atomic mass is 32.2. The number of nitrogens with zero attached hydrogens (tertiary/aromatic N) is 4. The molecular formula is C15H13FN4S. The van der Waals surface area contributed by atoms with Crippen LogP contribution < -0.4 is 0 Å². The molecule has 0 unspecified atom stereocenters. The van der Waals surface area contributed by atoms with E-state index in [4.69, 9.17) is 0 Å². The van der Waals surface area contributed by atoms with E-state index in [1.165, 1.54) is 23.9 Å². The molecule has 4 nitrogen and oxygen atoms in total. The number of halogens is 1. The summed E-state index contributed by atoms with van der Waals surface area (Å²) in [4.78, 5) is 8.58. The van der Waals surface area contributed by atoms with Crippen LogP contribution in [0.5, 0.6) is 0 Å². The smallest absolute Gasteiger partial charge is 0.187 e. The first-order valence-electron chi connectivity index (χ1n) is 6.35. The Kier molecular flexibility index (Phi) is 3.70. The van der Waals surface area contributed by atoms with Gasteiger partial charge < -0.3 is 0 Å². The molecule has 3 aromatic rings. The van der Waals surface area contributed by atoms with E-state index in [1.54, 1.807) is 16.9 Å². The van der Waals surface area contributed by atoms with Crippen LogP contribution in [0.2, 0.25) is 0 Å². The molecule has 0 aliphatic rings. The molecule has 0 atom stereocenters. The Morgan fingerprint density at radius 1 is 1.14 bits per heavy atom. The zero-order valence-corrected chi connectivity index (χ0v) is 12.4. The second-order valence-corrected chi connectivity index (χ2v) is 5.25. The first-order chi connectivity index (χ1) is 10.2. The number of hydrogen-bond donors (Lipinski definition) is 0. The summed E-state index contributed by atoms with van der Waals surface area (Å²) in [7, 11) is 1.83. The third kappa shape index (κ3) is 2.80. The van der Waals surface area contributed by atoms with Crippen molar-refractivity contribution >= 4 is 11.8 Å². The molecule has 6 heteroatoms. The summed E-state index contributed by atoms with van der Waals surface area (Å²) < 4.78 is 15.1. The average molecular weight is 300 g/mol. The van der Waals surface area contributed by atoms with Crippen LogP contribution >= 0.6 is 11.8 Å². The van der Waals surface area contributed by atoms with Gasteiger partial charge in [0.2, 0.25) is 0 Å². The Morgan fingerprint density at radius 2 is 2.00 bits per heavy atom. The molecule has 2 aromatic heterocycles. The lowest BCUT2D eigenvalue weighted by Crippen LogP contribution is -1.94. The van der Waals surface area contributed by atoms with Crippen LogP contribution in [0.4, 0.5) is 4.39 Å². The largest absolute Gasteiger partial charge is 0.267 e. The summed E-state index contributed by atoms with van der Waals surface area (Å²) in [5.74, 6) is -0.262. The van der Waals surface area contributed by atoms with Gasteiger partial charge >= 0.3 is 0 Å². The van der Waals surface area contributed by atoms with Gasteiger partial charge in [-0.1, -0.05) is 23.9 Å². The molecule has 0 bridgehead atoms. The summed E-state index contributed by atoms with van der Waals surface area (Å²) in [6.45, 7) is 0. The molecule has 0 fully saturated rings. The molecule has 0 aliphatic carbocycles. The molecule has 0 N–H and O–H groups in total. The van der Waals surface area contributed by atoms with E-state index in [1.807, 2.05) is 31.5 Å². The second-order valence-electron chi connectivity index (χ2n) is 4.48. The maximum atomic E-state index is 13.4. The average Bonchev–Trinajstić information content (AvgIpc) is 2.89. The molecule has 21 heavy (non-hydrogen) atoms. The van der Waals surface area contributed by atoms with E-state index < -0.39 is 0 Å². The van der Waals surface area contributed by atoms with E-state index >= 15 is 0 Å². The Hall–Kier alpha value is -2.21. The predicted molar refractivity (Wildman–Crippen MR) is 81.4 cm³/mol. The van der Waals surface area contributed by atoms with Gasteiger partial charge in [-0.15, -0.1) is 0 Å². The first kappa shape index (κ1) is 13.8. The zero-order chi connectivity index (χ0) is 14.8. The molecular weight excluding hydrogens is 287 g/mol. The minimum Gasteiger partial charge on any atom is -0.267 e. The zero-order valence-electron chi connectivity index (χ0n) is 11.6. The summed E-state index contributed by atoms with van der Waals surface area (Å²) in [6.07, 6.45) is 3.64. The first-order valence-corrected chi connectivity index (χ1v) is 7.57. The third-order valence-electron chi connectivity index (χ3n) is 3.08. The van der Waals surface area contributed by atoms with Gasteiger partial charge in [-0.05, 0) is 30.5 Å². The van der Waals surface area contributed by atoms with Crippen molar-refractivity contribution in [3.8, 4) is 22.6 Å². The molecule has 3 rings (SSSR count). The van der Waals surface area contributed by atoms with Gasteiger partial charge in [-0.3, -0.25) is 4.68 Å². The lowest BCUT2D eigenvalue weighted by molar-refractivity contribution is 0.628. The standard InChI is InChI=1S/C15H13FN4S/c1-20-14(10-4-3-5-11(16)8-10)9-13(19-20)12-6-7-17-15(18-12)21-2/h3-9H,1-2H3. The molecule has 0 aliphatic heterocycles. The summed E-state index contributed by atoms with van der Waals surface area (Å²) in [5.41, 5.74) is 3.13. The minimum absolute atomic E-state index is 0.262. The Balaban J connectivity index is 2.05. The number of aryl methyl sites for hydroxylation is 1. The summed E-state index contributed by atoms with van der Waals surface area (Å²) in [6, 6.07) is 10.2. The van der Waals surface area contributed by atoms with E-state index in [2.05, 4.69) is 15.1 Å². The Bertz CT molecular complexity index is 785. The summed E-state index contributed by atoms with van der Waals surface area (Å²) >= 11 is 1.48. The van der Waals surface area contributed by atoms with Gasteiger partial charge in [0.05, 0.1) is 11.4 Å². The number of benzene rings is 1. The molecule has 0 saturated heterocycles. The number of hydrogen-bond acceptors (Lipinski definition) is 4. The quantitative estimate of drug-likeness (QED) is 0.549. The lowest BCUT2D eigenvalue weighted by atomic mass is 10.1.